The summed E-state index contributed by atoms with van der Waals surface area (Å²) in [7, 11) is 1.67. The zero-order valence-electron chi connectivity index (χ0n) is 18.3. The number of benzene rings is 2. The molecule has 2 aromatic carbocycles. The Balaban J connectivity index is 1.81. The second kappa shape index (κ2) is 9.66. The molecule has 0 spiro atoms. The summed E-state index contributed by atoms with van der Waals surface area (Å²) in [5.74, 6) is 1.38. The van der Waals surface area contributed by atoms with Crippen LogP contribution in [0, 0.1) is 13.8 Å². The van der Waals surface area contributed by atoms with Crippen LogP contribution < -0.4 is 15.4 Å². The summed E-state index contributed by atoms with van der Waals surface area (Å²) < 4.78 is 5.68. The Hall–Kier alpha value is -3.64. The van der Waals surface area contributed by atoms with E-state index in [9.17, 15) is 4.79 Å². The van der Waals surface area contributed by atoms with E-state index in [0.29, 0.717) is 5.56 Å². The van der Waals surface area contributed by atoms with Crippen molar-refractivity contribution in [3.05, 3.63) is 106 Å². The molecule has 5 nitrogen and oxygen atoms in total. The number of nitrogens with one attached hydrogen (secondary N) is 2. The average molecular weight is 444 g/mol. The normalized spacial score (nSPS) is 11.6. The van der Waals surface area contributed by atoms with Crippen LogP contribution in [-0.4, -0.2) is 18.0 Å². The molecule has 0 aliphatic heterocycles. The van der Waals surface area contributed by atoms with Gasteiger partial charge in [0, 0.05) is 27.8 Å². The Labute approximate surface area is 192 Å². The van der Waals surface area contributed by atoms with E-state index < -0.39 is 0 Å². The molecule has 6 heteroatoms. The van der Waals surface area contributed by atoms with E-state index >= 15 is 0 Å². The summed E-state index contributed by atoms with van der Waals surface area (Å²) >= 11 is 1.58. The number of rotatable bonds is 7. The van der Waals surface area contributed by atoms with Gasteiger partial charge < -0.3 is 15.4 Å². The van der Waals surface area contributed by atoms with Gasteiger partial charge in [-0.3, -0.25) is 4.79 Å². The summed E-state index contributed by atoms with van der Waals surface area (Å²) in [6.45, 7) is 4.16. The third-order valence-corrected chi connectivity index (χ3v) is 6.53. The van der Waals surface area contributed by atoms with E-state index in [1.165, 1.54) is 0 Å². The Bertz CT molecular complexity index is 1210. The van der Waals surface area contributed by atoms with Crippen LogP contribution >= 0.6 is 11.3 Å². The summed E-state index contributed by atoms with van der Waals surface area (Å²) in [6.07, 6.45) is 1.76. The van der Waals surface area contributed by atoms with Crippen molar-refractivity contribution in [2.24, 2.45) is 0 Å². The van der Waals surface area contributed by atoms with Crippen molar-refractivity contribution in [2.45, 2.75) is 19.9 Å². The first kappa shape index (κ1) is 21.6. The Morgan fingerprint density at radius 3 is 2.41 bits per heavy atom. The average Bonchev–Trinajstić information content (AvgIpc) is 3.11. The van der Waals surface area contributed by atoms with Crippen LogP contribution in [0.2, 0.25) is 0 Å². The van der Waals surface area contributed by atoms with Gasteiger partial charge in [0.2, 0.25) is 0 Å². The quantitative estimate of drug-likeness (QED) is 0.356. The number of nitrogens with zero attached hydrogens (tertiary/aromatic N) is 1. The summed E-state index contributed by atoms with van der Waals surface area (Å²) in [4.78, 5) is 18.6. The van der Waals surface area contributed by atoms with E-state index in [-0.39, 0.29) is 11.9 Å². The van der Waals surface area contributed by atoms with E-state index in [2.05, 4.69) is 29.5 Å². The van der Waals surface area contributed by atoms with Crippen LogP contribution in [0.3, 0.4) is 0 Å². The first-order valence-electron chi connectivity index (χ1n) is 10.3. The van der Waals surface area contributed by atoms with E-state index in [4.69, 9.17) is 4.74 Å². The van der Waals surface area contributed by atoms with Crippen molar-refractivity contribution in [3.8, 4) is 5.75 Å². The third-order valence-electron chi connectivity index (χ3n) is 5.39. The molecule has 0 aliphatic rings. The number of hydrogen-bond donors (Lipinski definition) is 2. The predicted octanol–water partition coefficient (Wildman–Crippen LogP) is 6.22. The molecule has 2 N–H and O–H groups in total. The van der Waals surface area contributed by atoms with Gasteiger partial charge in [0.05, 0.1) is 13.2 Å². The number of aromatic nitrogens is 1. The second-order valence-corrected chi connectivity index (χ2v) is 8.61. The van der Waals surface area contributed by atoms with Gasteiger partial charge in [-0.05, 0) is 49.7 Å². The summed E-state index contributed by atoms with van der Waals surface area (Å²) in [5.41, 5.74) is 3.72. The van der Waals surface area contributed by atoms with Gasteiger partial charge in [-0.2, -0.15) is 0 Å². The van der Waals surface area contributed by atoms with Gasteiger partial charge in [-0.25, -0.2) is 4.98 Å². The number of aryl methyl sites for hydroxylation is 1. The molecule has 1 atom stereocenters. The van der Waals surface area contributed by atoms with Gasteiger partial charge >= 0.3 is 0 Å². The maximum absolute atomic E-state index is 13.0. The van der Waals surface area contributed by atoms with Crippen LogP contribution in [0.4, 0.5) is 10.8 Å². The maximum Gasteiger partial charge on any atom is 0.256 e. The minimum absolute atomic E-state index is 0.135. The molecular formula is C26H25N3O2S. The highest BCUT2D eigenvalue weighted by Crippen LogP contribution is 2.43. The van der Waals surface area contributed by atoms with Gasteiger partial charge in [0.1, 0.15) is 16.6 Å². The zero-order chi connectivity index (χ0) is 22.5. The van der Waals surface area contributed by atoms with Crippen molar-refractivity contribution < 1.29 is 9.53 Å². The third kappa shape index (κ3) is 4.50. The fourth-order valence-electron chi connectivity index (χ4n) is 3.66. The molecule has 1 amide bonds. The molecule has 0 radical (unpaired) electrons. The number of thiophene rings is 1. The molecule has 0 bridgehead atoms. The van der Waals surface area contributed by atoms with Crippen molar-refractivity contribution in [1.29, 1.82) is 0 Å². The molecule has 0 aliphatic carbocycles. The minimum Gasteiger partial charge on any atom is -0.496 e. The van der Waals surface area contributed by atoms with Crippen molar-refractivity contribution in [2.75, 3.05) is 17.7 Å². The standard InChI is InChI=1S/C26H25N3O2S/c1-17-18(2)32-26(29-25(30)19-11-5-4-6-12-19)23(17)24(28-22-15-9-10-16-27-22)20-13-7-8-14-21(20)31-3/h4-16,24H,1-3H3,(H,27,28)(H,29,30). The van der Waals surface area contributed by atoms with Gasteiger partial charge in [-0.15, -0.1) is 11.3 Å². The highest BCUT2D eigenvalue weighted by molar-refractivity contribution is 7.16. The number of carbonyl (C=O) groups is 1. The topological polar surface area (TPSA) is 63.2 Å². The van der Waals surface area contributed by atoms with Crippen molar-refractivity contribution in [1.82, 2.24) is 4.98 Å². The zero-order valence-corrected chi connectivity index (χ0v) is 19.1. The fraction of sp³-hybridized carbons (Fsp3) is 0.154. The Morgan fingerprint density at radius 1 is 0.969 bits per heavy atom. The number of amides is 1. The second-order valence-electron chi connectivity index (χ2n) is 7.38. The predicted molar refractivity (Wildman–Crippen MR) is 131 cm³/mol. The molecule has 2 aromatic heterocycles. The lowest BCUT2D eigenvalue weighted by Gasteiger charge is -2.24. The van der Waals surface area contributed by atoms with Crippen molar-refractivity contribution in [3.63, 3.8) is 0 Å². The number of hydrogen-bond acceptors (Lipinski definition) is 5. The highest BCUT2D eigenvalue weighted by atomic mass is 32.1. The lowest BCUT2D eigenvalue weighted by Crippen LogP contribution is -2.18. The molecule has 1 unspecified atom stereocenters. The van der Waals surface area contributed by atoms with E-state index in [1.54, 1.807) is 24.6 Å². The number of anilines is 2. The highest BCUT2D eigenvalue weighted by Gasteiger charge is 2.27. The van der Waals surface area contributed by atoms with E-state index in [0.717, 1.165) is 38.1 Å². The number of carbonyl (C=O) groups excluding carboxylic acids is 1. The lowest BCUT2D eigenvalue weighted by atomic mass is 9.95. The first-order valence-corrected chi connectivity index (χ1v) is 11.2. The van der Waals surface area contributed by atoms with Crippen LogP contribution in [-0.2, 0) is 0 Å². The van der Waals surface area contributed by atoms with E-state index in [1.807, 2.05) is 72.8 Å². The Morgan fingerprint density at radius 2 is 1.69 bits per heavy atom. The van der Waals surface area contributed by atoms with Crippen molar-refractivity contribution >= 4 is 28.1 Å². The number of ether oxygens (including phenoxy) is 1. The number of pyridine rings is 1. The number of para-hydroxylation sites is 1. The molecule has 0 saturated heterocycles. The van der Waals surface area contributed by atoms with Crippen LogP contribution in [0.1, 0.15) is 38.0 Å². The minimum atomic E-state index is -0.267. The van der Waals surface area contributed by atoms with Gasteiger partial charge in [0.15, 0.2) is 0 Å². The largest absolute Gasteiger partial charge is 0.496 e. The number of methoxy groups -OCH3 is 1. The molecule has 4 aromatic rings. The lowest BCUT2D eigenvalue weighted by molar-refractivity contribution is 0.102. The molecule has 4 rings (SSSR count). The van der Waals surface area contributed by atoms with Crippen LogP contribution in [0.15, 0.2) is 79.0 Å². The molecule has 2 heterocycles. The fourth-order valence-corrected chi connectivity index (χ4v) is 4.75. The first-order chi connectivity index (χ1) is 15.6. The molecular weight excluding hydrogens is 418 g/mol. The molecule has 0 saturated carbocycles. The molecule has 32 heavy (non-hydrogen) atoms. The Kier molecular flexibility index (Phi) is 6.52. The smallest absolute Gasteiger partial charge is 0.256 e. The van der Waals surface area contributed by atoms with Crippen LogP contribution in [0.25, 0.3) is 0 Å². The molecule has 0 fully saturated rings. The van der Waals surface area contributed by atoms with Crippen LogP contribution in [0.5, 0.6) is 5.75 Å². The van der Waals surface area contributed by atoms with Gasteiger partial charge in [-0.1, -0.05) is 42.5 Å². The maximum atomic E-state index is 13.0. The monoisotopic (exact) mass is 443 g/mol. The van der Waals surface area contributed by atoms with Gasteiger partial charge in [0.25, 0.3) is 5.91 Å². The summed E-state index contributed by atoms with van der Waals surface area (Å²) in [5, 5.41) is 7.51. The molecule has 162 valence electrons. The SMILES string of the molecule is COc1ccccc1C(Nc1ccccn1)c1c(NC(=O)c2ccccc2)sc(C)c1C. The summed E-state index contributed by atoms with van der Waals surface area (Å²) in [6, 6.07) is 22.7.